The molecule has 7 nitrogen and oxygen atoms in total. The molecular formula is C19H23N5O2. The summed E-state index contributed by atoms with van der Waals surface area (Å²) in [6.45, 7) is 6.11. The SMILES string of the molecule is CCC(CC)n1nc(C)cc1NC(=O)c1ccc2c(=O)n(C)cnc2c1. The monoisotopic (exact) mass is 353 g/mol. The molecule has 0 saturated heterocycles. The summed E-state index contributed by atoms with van der Waals surface area (Å²) in [7, 11) is 1.65. The number of aromatic nitrogens is 4. The van der Waals surface area contributed by atoms with Crippen molar-refractivity contribution in [1.82, 2.24) is 19.3 Å². The van der Waals surface area contributed by atoms with E-state index in [-0.39, 0.29) is 17.5 Å². The third-order valence-electron chi connectivity index (χ3n) is 4.57. The number of carbonyl (C=O) groups is 1. The molecule has 7 heteroatoms. The van der Waals surface area contributed by atoms with Gasteiger partial charge in [0.05, 0.1) is 29.0 Å². The zero-order valence-corrected chi connectivity index (χ0v) is 15.5. The van der Waals surface area contributed by atoms with Crippen molar-refractivity contribution in [1.29, 1.82) is 0 Å². The van der Waals surface area contributed by atoms with Gasteiger partial charge in [0, 0.05) is 18.7 Å². The van der Waals surface area contributed by atoms with Gasteiger partial charge in [0.25, 0.3) is 11.5 Å². The Hall–Kier alpha value is -2.96. The van der Waals surface area contributed by atoms with Crippen molar-refractivity contribution in [2.24, 2.45) is 7.05 Å². The van der Waals surface area contributed by atoms with Gasteiger partial charge in [-0.3, -0.25) is 9.59 Å². The Morgan fingerprint density at radius 1 is 1.23 bits per heavy atom. The van der Waals surface area contributed by atoms with Gasteiger partial charge < -0.3 is 9.88 Å². The quantitative estimate of drug-likeness (QED) is 0.764. The normalized spacial score (nSPS) is 11.3. The Morgan fingerprint density at radius 3 is 2.65 bits per heavy atom. The smallest absolute Gasteiger partial charge is 0.260 e. The summed E-state index contributed by atoms with van der Waals surface area (Å²) >= 11 is 0. The van der Waals surface area contributed by atoms with Crippen LogP contribution in [0.1, 0.15) is 48.8 Å². The fraction of sp³-hybridized carbons (Fsp3) is 0.368. The second-order valence-electron chi connectivity index (χ2n) is 6.43. The summed E-state index contributed by atoms with van der Waals surface area (Å²) < 4.78 is 3.29. The van der Waals surface area contributed by atoms with Gasteiger partial charge in [-0.05, 0) is 38.0 Å². The summed E-state index contributed by atoms with van der Waals surface area (Å²) in [6.07, 6.45) is 3.32. The van der Waals surface area contributed by atoms with E-state index in [0.29, 0.717) is 22.3 Å². The van der Waals surface area contributed by atoms with Crippen LogP contribution in [0.3, 0.4) is 0 Å². The highest BCUT2D eigenvalue weighted by Crippen LogP contribution is 2.22. The van der Waals surface area contributed by atoms with Gasteiger partial charge in [-0.15, -0.1) is 0 Å². The van der Waals surface area contributed by atoms with Crippen LogP contribution in [0, 0.1) is 6.92 Å². The molecule has 0 aliphatic heterocycles. The van der Waals surface area contributed by atoms with E-state index in [1.54, 1.807) is 25.2 Å². The molecule has 1 aromatic carbocycles. The van der Waals surface area contributed by atoms with E-state index in [0.717, 1.165) is 18.5 Å². The molecule has 2 aromatic heterocycles. The van der Waals surface area contributed by atoms with E-state index in [4.69, 9.17) is 0 Å². The van der Waals surface area contributed by atoms with Gasteiger partial charge >= 0.3 is 0 Å². The minimum Gasteiger partial charge on any atom is -0.307 e. The maximum Gasteiger partial charge on any atom is 0.260 e. The van der Waals surface area contributed by atoms with E-state index in [9.17, 15) is 9.59 Å². The van der Waals surface area contributed by atoms with Crippen molar-refractivity contribution in [3.05, 3.63) is 52.2 Å². The van der Waals surface area contributed by atoms with Crippen LogP contribution < -0.4 is 10.9 Å². The lowest BCUT2D eigenvalue weighted by Crippen LogP contribution is -2.19. The number of nitrogens with one attached hydrogen (secondary N) is 1. The fourth-order valence-electron chi connectivity index (χ4n) is 3.06. The van der Waals surface area contributed by atoms with Crippen LogP contribution in [0.4, 0.5) is 5.82 Å². The summed E-state index contributed by atoms with van der Waals surface area (Å²) in [6, 6.07) is 7.02. The lowest BCUT2D eigenvalue weighted by molar-refractivity contribution is 0.102. The molecule has 0 fully saturated rings. The Morgan fingerprint density at radius 2 is 1.96 bits per heavy atom. The Bertz CT molecular complexity index is 1010. The topological polar surface area (TPSA) is 81.8 Å². The van der Waals surface area contributed by atoms with Gasteiger partial charge in [0.15, 0.2) is 0 Å². The number of nitrogens with zero attached hydrogens (tertiary/aromatic N) is 4. The van der Waals surface area contributed by atoms with Crippen LogP contribution in [0.5, 0.6) is 0 Å². The second kappa shape index (κ2) is 7.11. The molecular weight excluding hydrogens is 330 g/mol. The Kier molecular flexibility index (Phi) is 4.88. The first-order valence-electron chi connectivity index (χ1n) is 8.77. The van der Waals surface area contributed by atoms with Crippen molar-refractivity contribution in [3.8, 4) is 0 Å². The van der Waals surface area contributed by atoms with Gasteiger partial charge in [-0.2, -0.15) is 5.10 Å². The third kappa shape index (κ3) is 3.24. The zero-order chi connectivity index (χ0) is 18.8. The molecule has 0 atom stereocenters. The van der Waals surface area contributed by atoms with Crippen LogP contribution >= 0.6 is 0 Å². The van der Waals surface area contributed by atoms with Crippen molar-refractivity contribution in [2.45, 2.75) is 39.7 Å². The maximum atomic E-state index is 12.7. The molecule has 1 N–H and O–H groups in total. The van der Waals surface area contributed by atoms with Crippen molar-refractivity contribution < 1.29 is 4.79 Å². The van der Waals surface area contributed by atoms with Crippen LogP contribution in [0.25, 0.3) is 10.9 Å². The standard InChI is InChI=1S/C19H23N5O2/c1-5-14(6-2)24-17(9-12(3)22-24)21-18(25)13-7-8-15-16(10-13)20-11-23(4)19(15)26/h7-11,14H,5-6H2,1-4H3,(H,21,25). The number of aryl methyl sites for hydroxylation is 2. The number of anilines is 1. The molecule has 0 saturated carbocycles. The highest BCUT2D eigenvalue weighted by molar-refractivity contribution is 6.05. The molecule has 3 aromatic rings. The summed E-state index contributed by atoms with van der Waals surface area (Å²) in [4.78, 5) is 29.0. The molecule has 0 spiro atoms. The average Bonchev–Trinajstić information content (AvgIpc) is 2.99. The number of fused-ring (bicyclic) bond motifs is 1. The van der Waals surface area contributed by atoms with Crippen LogP contribution in [-0.2, 0) is 7.05 Å². The number of hydrogen-bond donors (Lipinski definition) is 1. The van der Waals surface area contributed by atoms with Crippen molar-refractivity contribution in [3.63, 3.8) is 0 Å². The maximum absolute atomic E-state index is 12.7. The molecule has 2 heterocycles. The van der Waals surface area contributed by atoms with Gasteiger partial charge in [0.2, 0.25) is 0 Å². The average molecular weight is 353 g/mol. The number of amides is 1. The molecule has 1 amide bonds. The van der Waals surface area contributed by atoms with Crippen molar-refractivity contribution >= 4 is 22.6 Å². The van der Waals surface area contributed by atoms with Crippen LogP contribution in [0.15, 0.2) is 35.4 Å². The first-order valence-corrected chi connectivity index (χ1v) is 8.77. The number of benzene rings is 1. The minimum absolute atomic E-state index is 0.135. The van der Waals surface area contributed by atoms with E-state index in [1.807, 2.05) is 17.7 Å². The minimum atomic E-state index is -0.249. The number of hydrogen-bond acceptors (Lipinski definition) is 4. The molecule has 3 rings (SSSR count). The van der Waals surface area contributed by atoms with Gasteiger partial charge in [-0.1, -0.05) is 13.8 Å². The molecule has 0 aliphatic rings. The predicted molar refractivity (Wildman–Crippen MR) is 102 cm³/mol. The van der Waals surface area contributed by atoms with Crippen molar-refractivity contribution in [2.75, 3.05) is 5.32 Å². The molecule has 0 aliphatic carbocycles. The van der Waals surface area contributed by atoms with Gasteiger partial charge in [-0.25, -0.2) is 9.67 Å². The molecule has 0 unspecified atom stereocenters. The Labute approximate surface area is 151 Å². The first kappa shape index (κ1) is 17.8. The van der Waals surface area contributed by atoms with E-state index in [2.05, 4.69) is 29.2 Å². The highest BCUT2D eigenvalue weighted by atomic mass is 16.1. The molecule has 0 radical (unpaired) electrons. The highest BCUT2D eigenvalue weighted by Gasteiger charge is 2.16. The zero-order valence-electron chi connectivity index (χ0n) is 15.5. The van der Waals surface area contributed by atoms with Crippen LogP contribution in [-0.4, -0.2) is 25.2 Å². The fourth-order valence-corrected chi connectivity index (χ4v) is 3.06. The summed E-state index contributed by atoms with van der Waals surface area (Å²) in [5.41, 5.74) is 1.68. The lowest BCUT2D eigenvalue weighted by atomic mass is 10.1. The molecule has 136 valence electrons. The number of carbonyl (C=O) groups excluding carboxylic acids is 1. The van der Waals surface area contributed by atoms with Gasteiger partial charge in [0.1, 0.15) is 5.82 Å². The summed E-state index contributed by atoms with van der Waals surface area (Å²) in [5, 5.41) is 7.94. The first-order chi connectivity index (χ1) is 12.4. The molecule has 26 heavy (non-hydrogen) atoms. The third-order valence-corrected chi connectivity index (χ3v) is 4.57. The van der Waals surface area contributed by atoms with E-state index < -0.39 is 0 Å². The van der Waals surface area contributed by atoms with E-state index >= 15 is 0 Å². The summed E-state index contributed by atoms with van der Waals surface area (Å²) in [5.74, 6) is 0.430. The molecule has 0 bridgehead atoms. The number of rotatable bonds is 5. The van der Waals surface area contributed by atoms with E-state index in [1.165, 1.54) is 10.9 Å². The lowest BCUT2D eigenvalue weighted by Gasteiger charge is -2.17. The van der Waals surface area contributed by atoms with Crippen LogP contribution in [0.2, 0.25) is 0 Å². The predicted octanol–water partition coefficient (Wildman–Crippen LogP) is 3.05. The second-order valence-corrected chi connectivity index (χ2v) is 6.43. The largest absolute Gasteiger partial charge is 0.307 e. The Balaban J connectivity index is 1.93.